The zero-order valence-corrected chi connectivity index (χ0v) is 17.1. The van der Waals surface area contributed by atoms with Crippen molar-refractivity contribution in [2.75, 3.05) is 16.4 Å². The van der Waals surface area contributed by atoms with Crippen molar-refractivity contribution in [3.63, 3.8) is 0 Å². The van der Waals surface area contributed by atoms with Crippen molar-refractivity contribution >= 4 is 34.7 Å². The number of nitrogens with one attached hydrogen (secondary N) is 2. The standard InChI is InChI=1S/C22H22N4O2S/c1-14-15(2)23-22-26(21(14)28)19(13-29-22)12-20(27)25-18-10-8-17(9-11-18)24-16-6-4-3-5-7-16/h3-11,19,24H,12-13H2,1-2H3,(H,25,27). The second-order valence-corrected chi connectivity index (χ2v) is 8.05. The Bertz CT molecular complexity index is 1090. The van der Waals surface area contributed by atoms with E-state index in [9.17, 15) is 9.59 Å². The fraction of sp³-hybridized carbons (Fsp3) is 0.227. The number of carbonyl (C=O) groups excluding carboxylic acids is 1. The van der Waals surface area contributed by atoms with Gasteiger partial charge in [0.15, 0.2) is 5.16 Å². The molecule has 0 spiro atoms. The van der Waals surface area contributed by atoms with Crippen LogP contribution in [0.1, 0.15) is 23.7 Å². The van der Waals surface area contributed by atoms with Gasteiger partial charge < -0.3 is 10.6 Å². The van der Waals surface area contributed by atoms with Crippen LogP contribution < -0.4 is 16.2 Å². The minimum absolute atomic E-state index is 0.0494. The number of benzene rings is 2. The van der Waals surface area contributed by atoms with Gasteiger partial charge in [-0.3, -0.25) is 14.2 Å². The van der Waals surface area contributed by atoms with Crippen molar-refractivity contribution in [2.45, 2.75) is 31.5 Å². The van der Waals surface area contributed by atoms with Crippen molar-refractivity contribution in [1.82, 2.24) is 9.55 Å². The number of aromatic nitrogens is 2. The molecule has 3 aromatic rings. The first-order valence-electron chi connectivity index (χ1n) is 9.46. The molecule has 0 saturated heterocycles. The number of rotatable bonds is 5. The summed E-state index contributed by atoms with van der Waals surface area (Å²) in [6, 6.07) is 17.3. The summed E-state index contributed by atoms with van der Waals surface area (Å²) < 4.78 is 1.67. The number of nitrogens with zero attached hydrogens (tertiary/aromatic N) is 2. The van der Waals surface area contributed by atoms with Gasteiger partial charge in [0.1, 0.15) is 0 Å². The van der Waals surface area contributed by atoms with Gasteiger partial charge >= 0.3 is 0 Å². The minimum atomic E-state index is -0.173. The molecule has 1 aliphatic heterocycles. The molecule has 29 heavy (non-hydrogen) atoms. The van der Waals surface area contributed by atoms with Gasteiger partial charge in [-0.1, -0.05) is 30.0 Å². The maximum absolute atomic E-state index is 12.6. The van der Waals surface area contributed by atoms with Gasteiger partial charge in [0.25, 0.3) is 5.56 Å². The molecule has 7 heteroatoms. The summed E-state index contributed by atoms with van der Waals surface area (Å²) in [6.07, 6.45) is 0.244. The highest BCUT2D eigenvalue weighted by Gasteiger charge is 2.28. The molecule has 2 N–H and O–H groups in total. The molecule has 0 saturated carbocycles. The molecule has 148 valence electrons. The zero-order chi connectivity index (χ0) is 20.4. The quantitative estimate of drug-likeness (QED) is 0.619. The van der Waals surface area contributed by atoms with E-state index < -0.39 is 0 Å². The number of carbonyl (C=O) groups is 1. The Hall–Kier alpha value is -3.06. The molecule has 1 unspecified atom stereocenters. The Kier molecular flexibility index (Phi) is 5.40. The van der Waals surface area contributed by atoms with Crippen molar-refractivity contribution < 1.29 is 4.79 Å². The first kappa shape index (κ1) is 19.3. The van der Waals surface area contributed by atoms with Gasteiger partial charge in [-0.05, 0) is 50.2 Å². The molecule has 0 fully saturated rings. The third kappa shape index (κ3) is 4.19. The van der Waals surface area contributed by atoms with Crippen LogP contribution in [0.5, 0.6) is 0 Å². The Morgan fingerprint density at radius 1 is 1.07 bits per heavy atom. The van der Waals surface area contributed by atoms with Crippen molar-refractivity contribution in [2.24, 2.45) is 0 Å². The van der Waals surface area contributed by atoms with Gasteiger partial charge in [-0.15, -0.1) is 0 Å². The molecule has 2 aromatic carbocycles. The second-order valence-electron chi connectivity index (χ2n) is 7.07. The number of thioether (sulfide) groups is 1. The van der Waals surface area contributed by atoms with Gasteiger partial charge in [-0.25, -0.2) is 4.98 Å². The van der Waals surface area contributed by atoms with Crippen LogP contribution in [-0.2, 0) is 4.79 Å². The summed E-state index contributed by atoms with van der Waals surface area (Å²) in [4.78, 5) is 29.6. The Balaban J connectivity index is 1.40. The number of hydrogen-bond donors (Lipinski definition) is 2. The smallest absolute Gasteiger partial charge is 0.257 e. The molecule has 1 amide bonds. The normalized spacial score (nSPS) is 15.0. The predicted molar refractivity (Wildman–Crippen MR) is 117 cm³/mol. The second kappa shape index (κ2) is 8.13. The Morgan fingerprint density at radius 3 is 2.45 bits per heavy atom. The van der Waals surface area contributed by atoms with Crippen LogP contribution in [0.2, 0.25) is 0 Å². The zero-order valence-electron chi connectivity index (χ0n) is 16.3. The van der Waals surface area contributed by atoms with E-state index in [0.29, 0.717) is 16.5 Å². The lowest BCUT2D eigenvalue weighted by molar-refractivity contribution is -0.116. The van der Waals surface area contributed by atoms with E-state index in [2.05, 4.69) is 15.6 Å². The first-order valence-corrected chi connectivity index (χ1v) is 10.4. The lowest BCUT2D eigenvalue weighted by Gasteiger charge is -2.14. The number of aryl methyl sites for hydroxylation is 1. The van der Waals surface area contributed by atoms with E-state index in [1.54, 1.807) is 11.5 Å². The van der Waals surface area contributed by atoms with Crippen molar-refractivity contribution in [3.05, 3.63) is 76.2 Å². The van der Waals surface area contributed by atoms with Crippen molar-refractivity contribution in [3.8, 4) is 0 Å². The Labute approximate surface area is 173 Å². The summed E-state index contributed by atoms with van der Waals surface area (Å²) in [5.74, 6) is 0.565. The number of fused-ring (bicyclic) bond motifs is 1. The predicted octanol–water partition coefficient (Wildman–Crippen LogP) is 4.28. The van der Waals surface area contributed by atoms with Crippen LogP contribution >= 0.6 is 11.8 Å². The summed E-state index contributed by atoms with van der Waals surface area (Å²) >= 11 is 1.53. The molecule has 4 rings (SSSR count). The van der Waals surface area contributed by atoms with E-state index in [1.165, 1.54) is 11.8 Å². The third-order valence-electron chi connectivity index (χ3n) is 4.97. The van der Waals surface area contributed by atoms with Gasteiger partial charge in [0, 0.05) is 40.5 Å². The number of hydrogen-bond acceptors (Lipinski definition) is 5. The first-order chi connectivity index (χ1) is 14.0. The molecule has 1 atom stereocenters. The molecule has 0 aliphatic carbocycles. The minimum Gasteiger partial charge on any atom is -0.356 e. The van der Waals surface area contributed by atoms with E-state index in [1.807, 2.05) is 61.5 Å². The summed E-state index contributed by atoms with van der Waals surface area (Å²) in [7, 11) is 0. The molecule has 6 nitrogen and oxygen atoms in total. The average molecular weight is 407 g/mol. The molecule has 2 heterocycles. The lowest BCUT2D eigenvalue weighted by atomic mass is 10.2. The van der Waals surface area contributed by atoms with Gasteiger partial charge in [-0.2, -0.15) is 0 Å². The highest BCUT2D eigenvalue weighted by atomic mass is 32.2. The van der Waals surface area contributed by atoms with Crippen molar-refractivity contribution in [1.29, 1.82) is 0 Å². The summed E-state index contributed by atoms with van der Waals surface area (Å²) in [5.41, 5.74) is 4.02. The van der Waals surface area contributed by atoms with E-state index >= 15 is 0 Å². The average Bonchev–Trinajstić information content (AvgIpc) is 3.10. The van der Waals surface area contributed by atoms with E-state index in [-0.39, 0.29) is 23.9 Å². The SMILES string of the molecule is Cc1nc2n(c(=O)c1C)C(CC(=O)Nc1ccc(Nc3ccccc3)cc1)CS2. The van der Waals surface area contributed by atoms with Crippen LogP contribution in [-0.4, -0.2) is 21.2 Å². The third-order valence-corrected chi connectivity index (χ3v) is 6.07. The Morgan fingerprint density at radius 2 is 1.72 bits per heavy atom. The fourth-order valence-corrected chi connectivity index (χ4v) is 4.45. The van der Waals surface area contributed by atoms with Crippen LogP contribution in [0.15, 0.2) is 64.5 Å². The highest BCUT2D eigenvalue weighted by Crippen LogP contribution is 2.32. The molecule has 1 aliphatic rings. The van der Waals surface area contributed by atoms with Crippen LogP contribution in [0.3, 0.4) is 0 Å². The summed E-state index contributed by atoms with van der Waals surface area (Å²) in [5, 5.41) is 6.94. The largest absolute Gasteiger partial charge is 0.356 e. The monoisotopic (exact) mass is 406 g/mol. The summed E-state index contributed by atoms with van der Waals surface area (Å²) in [6.45, 7) is 3.62. The number of anilines is 3. The van der Waals surface area contributed by atoms with Gasteiger partial charge in [0.05, 0.1) is 6.04 Å². The molecule has 1 aromatic heterocycles. The molecule has 0 bridgehead atoms. The number of amides is 1. The van der Waals surface area contributed by atoms with E-state index in [0.717, 1.165) is 22.8 Å². The lowest BCUT2D eigenvalue weighted by Crippen LogP contribution is -2.29. The maximum Gasteiger partial charge on any atom is 0.257 e. The topological polar surface area (TPSA) is 76.0 Å². The van der Waals surface area contributed by atoms with Crippen LogP contribution in [0.25, 0.3) is 0 Å². The molecular weight excluding hydrogens is 384 g/mol. The fourth-order valence-electron chi connectivity index (χ4n) is 3.27. The van der Waals surface area contributed by atoms with E-state index in [4.69, 9.17) is 0 Å². The van der Waals surface area contributed by atoms with Crippen LogP contribution in [0, 0.1) is 13.8 Å². The van der Waals surface area contributed by atoms with Crippen LogP contribution in [0.4, 0.5) is 17.1 Å². The molecular formula is C22H22N4O2S. The van der Waals surface area contributed by atoms with Gasteiger partial charge in [0.2, 0.25) is 5.91 Å². The number of para-hydroxylation sites is 1. The highest BCUT2D eigenvalue weighted by molar-refractivity contribution is 7.99. The molecule has 0 radical (unpaired) electrons. The maximum atomic E-state index is 12.6.